The van der Waals surface area contributed by atoms with E-state index in [9.17, 15) is 4.79 Å². The summed E-state index contributed by atoms with van der Waals surface area (Å²) < 4.78 is 8.47. The fraction of sp³-hybridized carbons (Fsp3) is 0.158. The van der Waals surface area contributed by atoms with Gasteiger partial charge in [-0.25, -0.2) is 4.52 Å². The summed E-state index contributed by atoms with van der Waals surface area (Å²) in [6.45, 7) is 0.637. The third-order valence-corrected chi connectivity index (χ3v) is 4.08. The molecule has 0 fully saturated rings. The normalized spacial score (nSPS) is 11.0. The lowest BCUT2D eigenvalue weighted by molar-refractivity contribution is -0.116. The third-order valence-electron chi connectivity index (χ3n) is 4.08. The Hall–Kier alpha value is -3.52. The standard InChI is InChI=1S/C19H18N6O2/c1-27-13-15-5-2-3-6-16(15)14-7-8-17-21-19(23-25(17)11-14)22-18(26)12-24-10-4-9-20-24/h2-11H,12-13H2,1H3,(H,22,23,26). The minimum atomic E-state index is -0.236. The first-order chi connectivity index (χ1) is 13.2. The van der Waals surface area contributed by atoms with Gasteiger partial charge in [0.15, 0.2) is 5.65 Å². The number of carbonyl (C=O) groups excluding carboxylic acids is 1. The molecule has 0 aliphatic heterocycles. The molecule has 0 aliphatic carbocycles. The van der Waals surface area contributed by atoms with Crippen LogP contribution in [0.4, 0.5) is 5.95 Å². The predicted molar refractivity (Wildman–Crippen MR) is 100.0 cm³/mol. The summed E-state index contributed by atoms with van der Waals surface area (Å²) in [5.41, 5.74) is 3.81. The monoisotopic (exact) mass is 362 g/mol. The molecule has 8 nitrogen and oxygen atoms in total. The molecule has 0 bridgehead atoms. The smallest absolute Gasteiger partial charge is 0.249 e. The lowest BCUT2D eigenvalue weighted by Crippen LogP contribution is -2.19. The quantitative estimate of drug-likeness (QED) is 0.569. The van der Waals surface area contributed by atoms with Crippen LogP contribution in [0.5, 0.6) is 0 Å². The topological polar surface area (TPSA) is 86.3 Å². The fourth-order valence-corrected chi connectivity index (χ4v) is 2.88. The summed E-state index contributed by atoms with van der Waals surface area (Å²) in [6, 6.07) is 13.7. The Labute approximate surface area is 155 Å². The second kappa shape index (κ2) is 7.38. The Morgan fingerprint density at radius 3 is 2.89 bits per heavy atom. The molecule has 0 atom stereocenters. The van der Waals surface area contributed by atoms with E-state index in [1.807, 2.05) is 42.6 Å². The highest BCUT2D eigenvalue weighted by Gasteiger charge is 2.11. The highest BCUT2D eigenvalue weighted by Crippen LogP contribution is 2.24. The average molecular weight is 362 g/mol. The number of fused-ring (bicyclic) bond motifs is 1. The molecule has 0 saturated heterocycles. The van der Waals surface area contributed by atoms with E-state index in [0.29, 0.717) is 12.3 Å². The van der Waals surface area contributed by atoms with Gasteiger partial charge in [-0.15, -0.1) is 5.10 Å². The molecule has 3 aromatic heterocycles. The maximum atomic E-state index is 12.1. The molecule has 136 valence electrons. The number of pyridine rings is 1. The molecule has 1 amide bonds. The largest absolute Gasteiger partial charge is 0.380 e. The van der Waals surface area contributed by atoms with Crippen molar-refractivity contribution >= 4 is 17.5 Å². The molecule has 4 aromatic rings. The van der Waals surface area contributed by atoms with Crippen molar-refractivity contribution < 1.29 is 9.53 Å². The summed E-state index contributed by atoms with van der Waals surface area (Å²) in [4.78, 5) is 16.4. The fourth-order valence-electron chi connectivity index (χ4n) is 2.88. The van der Waals surface area contributed by atoms with Gasteiger partial charge in [0.1, 0.15) is 6.54 Å². The molecule has 0 unspecified atom stereocenters. The first kappa shape index (κ1) is 16.9. The van der Waals surface area contributed by atoms with Crippen LogP contribution in [0.3, 0.4) is 0 Å². The molecule has 8 heteroatoms. The van der Waals surface area contributed by atoms with Gasteiger partial charge in [-0.1, -0.05) is 24.3 Å². The Bertz CT molecular complexity index is 1070. The van der Waals surface area contributed by atoms with Gasteiger partial charge < -0.3 is 4.74 Å². The van der Waals surface area contributed by atoms with Gasteiger partial charge in [0, 0.05) is 31.3 Å². The van der Waals surface area contributed by atoms with Crippen molar-refractivity contribution in [3.05, 3.63) is 66.6 Å². The second-order valence-electron chi connectivity index (χ2n) is 6.00. The number of amides is 1. The van der Waals surface area contributed by atoms with Crippen molar-refractivity contribution in [3.63, 3.8) is 0 Å². The van der Waals surface area contributed by atoms with E-state index in [4.69, 9.17) is 4.74 Å². The van der Waals surface area contributed by atoms with Gasteiger partial charge >= 0.3 is 0 Å². The predicted octanol–water partition coefficient (Wildman–Crippen LogP) is 2.38. The Kier molecular flexibility index (Phi) is 4.63. The van der Waals surface area contributed by atoms with E-state index in [2.05, 4.69) is 20.5 Å². The van der Waals surface area contributed by atoms with Gasteiger partial charge in [-0.3, -0.25) is 14.8 Å². The number of hydrogen-bond donors (Lipinski definition) is 1. The van der Waals surface area contributed by atoms with Crippen molar-refractivity contribution in [1.29, 1.82) is 0 Å². The molecule has 27 heavy (non-hydrogen) atoms. The SMILES string of the molecule is COCc1ccccc1-c1ccc2nc(NC(=O)Cn3cccn3)nn2c1. The molecule has 0 spiro atoms. The average Bonchev–Trinajstić information content (AvgIpc) is 3.30. The summed E-state index contributed by atoms with van der Waals surface area (Å²) in [5, 5.41) is 11.1. The molecular formula is C19H18N6O2. The number of hydrogen-bond acceptors (Lipinski definition) is 5. The van der Waals surface area contributed by atoms with Crippen LogP contribution >= 0.6 is 0 Å². The molecule has 0 radical (unpaired) electrons. The maximum Gasteiger partial charge on any atom is 0.249 e. The van der Waals surface area contributed by atoms with E-state index in [1.165, 1.54) is 4.68 Å². The Morgan fingerprint density at radius 2 is 2.07 bits per heavy atom. The number of carbonyl (C=O) groups is 1. The van der Waals surface area contributed by atoms with E-state index in [0.717, 1.165) is 16.7 Å². The first-order valence-electron chi connectivity index (χ1n) is 8.44. The van der Waals surface area contributed by atoms with Gasteiger partial charge in [-0.05, 0) is 29.3 Å². The lowest BCUT2D eigenvalue weighted by atomic mass is 10.0. The summed E-state index contributed by atoms with van der Waals surface area (Å²) in [7, 11) is 1.68. The van der Waals surface area contributed by atoms with Crippen LogP contribution in [0.15, 0.2) is 61.1 Å². The van der Waals surface area contributed by atoms with Crippen LogP contribution in [-0.2, 0) is 22.7 Å². The van der Waals surface area contributed by atoms with E-state index < -0.39 is 0 Å². The first-order valence-corrected chi connectivity index (χ1v) is 8.44. The summed E-state index contributed by atoms with van der Waals surface area (Å²) in [6.07, 6.45) is 5.24. The highest BCUT2D eigenvalue weighted by atomic mass is 16.5. The van der Waals surface area contributed by atoms with Gasteiger partial charge in [0.25, 0.3) is 0 Å². The van der Waals surface area contributed by atoms with Crippen LogP contribution in [0.1, 0.15) is 5.56 Å². The number of ether oxygens (including phenoxy) is 1. The molecule has 0 aliphatic rings. The number of aromatic nitrogens is 5. The van der Waals surface area contributed by atoms with Crippen LogP contribution < -0.4 is 5.32 Å². The second-order valence-corrected chi connectivity index (χ2v) is 6.00. The number of methoxy groups -OCH3 is 1. The molecule has 4 rings (SSSR count). The third kappa shape index (κ3) is 3.70. The summed E-state index contributed by atoms with van der Waals surface area (Å²) >= 11 is 0. The van der Waals surface area contributed by atoms with E-state index in [-0.39, 0.29) is 18.4 Å². The van der Waals surface area contributed by atoms with Crippen LogP contribution in [0.25, 0.3) is 16.8 Å². The summed E-state index contributed by atoms with van der Waals surface area (Å²) in [5.74, 6) is 0.0229. The van der Waals surface area contributed by atoms with Crippen LogP contribution in [0, 0.1) is 0 Å². The lowest BCUT2D eigenvalue weighted by Gasteiger charge is -2.08. The minimum Gasteiger partial charge on any atom is -0.380 e. The number of nitrogens with zero attached hydrogens (tertiary/aromatic N) is 5. The number of rotatable bonds is 6. The van der Waals surface area contributed by atoms with Gasteiger partial charge in [0.05, 0.1) is 6.61 Å². The number of benzene rings is 1. The number of anilines is 1. The van der Waals surface area contributed by atoms with Crippen molar-refractivity contribution in [1.82, 2.24) is 24.4 Å². The zero-order chi connectivity index (χ0) is 18.6. The van der Waals surface area contributed by atoms with Crippen molar-refractivity contribution in [2.45, 2.75) is 13.2 Å². The molecule has 1 N–H and O–H groups in total. The molecular weight excluding hydrogens is 344 g/mol. The molecule has 0 saturated carbocycles. The molecule has 1 aromatic carbocycles. The van der Waals surface area contributed by atoms with Crippen molar-refractivity contribution in [2.24, 2.45) is 0 Å². The zero-order valence-electron chi connectivity index (χ0n) is 14.7. The van der Waals surface area contributed by atoms with Crippen molar-refractivity contribution in [3.8, 4) is 11.1 Å². The van der Waals surface area contributed by atoms with Crippen LogP contribution in [-0.4, -0.2) is 37.4 Å². The Balaban J connectivity index is 1.58. The van der Waals surface area contributed by atoms with Crippen LogP contribution in [0.2, 0.25) is 0 Å². The zero-order valence-corrected chi connectivity index (χ0v) is 14.7. The van der Waals surface area contributed by atoms with Gasteiger partial charge in [-0.2, -0.15) is 10.1 Å². The van der Waals surface area contributed by atoms with Gasteiger partial charge in [0.2, 0.25) is 11.9 Å². The molecule has 3 heterocycles. The van der Waals surface area contributed by atoms with E-state index >= 15 is 0 Å². The van der Waals surface area contributed by atoms with E-state index in [1.54, 1.807) is 30.1 Å². The number of nitrogens with one attached hydrogen (secondary N) is 1. The van der Waals surface area contributed by atoms with Crippen molar-refractivity contribution in [2.75, 3.05) is 12.4 Å². The highest BCUT2D eigenvalue weighted by molar-refractivity contribution is 5.88. The maximum absolute atomic E-state index is 12.1. The Morgan fingerprint density at radius 1 is 1.19 bits per heavy atom. The minimum absolute atomic E-state index is 0.109.